The smallest absolute Gasteiger partial charge is 0.255 e. The van der Waals surface area contributed by atoms with E-state index in [9.17, 15) is 4.79 Å². The molecule has 0 atom stereocenters. The molecule has 1 saturated heterocycles. The van der Waals surface area contributed by atoms with Gasteiger partial charge in [0, 0.05) is 30.7 Å². The SMILES string of the molecule is O=C(c1cc(Br)ccc1Cl)N1CCN(c2cc3c(nn2)CCC3)CC1. The molecule has 2 aliphatic rings. The number of amides is 1. The number of rotatable bonds is 2. The van der Waals surface area contributed by atoms with Gasteiger partial charge in [-0.25, -0.2) is 0 Å². The zero-order valence-electron chi connectivity index (χ0n) is 13.7. The molecule has 0 N–H and O–H groups in total. The Balaban J connectivity index is 1.44. The number of nitrogens with zero attached hydrogens (tertiary/aromatic N) is 4. The predicted octanol–water partition coefficient (Wildman–Crippen LogP) is 3.34. The second-order valence-corrected chi connectivity index (χ2v) is 7.75. The first-order valence-electron chi connectivity index (χ1n) is 8.46. The molecular formula is C18H18BrClN4O. The van der Waals surface area contributed by atoms with E-state index in [2.05, 4.69) is 37.1 Å². The van der Waals surface area contributed by atoms with Crippen LogP contribution in [0.25, 0.3) is 0 Å². The number of fused-ring (bicyclic) bond motifs is 1. The van der Waals surface area contributed by atoms with Crippen LogP contribution in [0.15, 0.2) is 28.7 Å². The van der Waals surface area contributed by atoms with Crippen LogP contribution in [0.3, 0.4) is 0 Å². The molecule has 25 heavy (non-hydrogen) atoms. The Morgan fingerprint density at radius 2 is 1.88 bits per heavy atom. The first-order valence-corrected chi connectivity index (χ1v) is 9.63. The van der Waals surface area contributed by atoms with Crippen molar-refractivity contribution < 1.29 is 4.79 Å². The third kappa shape index (κ3) is 3.37. The molecule has 1 fully saturated rings. The first kappa shape index (κ1) is 16.8. The lowest BCUT2D eigenvalue weighted by molar-refractivity contribution is 0.0746. The van der Waals surface area contributed by atoms with E-state index in [0.29, 0.717) is 23.7 Å². The van der Waals surface area contributed by atoms with E-state index >= 15 is 0 Å². The number of piperazine rings is 1. The van der Waals surface area contributed by atoms with Crippen LogP contribution in [-0.2, 0) is 12.8 Å². The maximum absolute atomic E-state index is 12.7. The molecular weight excluding hydrogens is 404 g/mol. The van der Waals surface area contributed by atoms with Gasteiger partial charge in [0.1, 0.15) is 0 Å². The number of carbonyl (C=O) groups is 1. The molecule has 0 spiro atoms. The van der Waals surface area contributed by atoms with Crippen molar-refractivity contribution in [3.05, 3.63) is 50.6 Å². The van der Waals surface area contributed by atoms with Crippen molar-refractivity contribution in [3.8, 4) is 0 Å². The molecule has 130 valence electrons. The third-order valence-electron chi connectivity index (χ3n) is 4.86. The van der Waals surface area contributed by atoms with Gasteiger partial charge in [0.05, 0.1) is 16.3 Å². The van der Waals surface area contributed by atoms with Crippen molar-refractivity contribution in [1.82, 2.24) is 15.1 Å². The van der Waals surface area contributed by atoms with Gasteiger partial charge in [-0.15, -0.1) is 5.10 Å². The third-order valence-corrected chi connectivity index (χ3v) is 5.68. The number of aromatic nitrogens is 2. The van der Waals surface area contributed by atoms with Crippen molar-refractivity contribution in [3.63, 3.8) is 0 Å². The summed E-state index contributed by atoms with van der Waals surface area (Å²) in [4.78, 5) is 16.8. The lowest BCUT2D eigenvalue weighted by atomic mass is 10.1. The van der Waals surface area contributed by atoms with E-state index < -0.39 is 0 Å². The molecule has 2 heterocycles. The van der Waals surface area contributed by atoms with Crippen LogP contribution in [0.1, 0.15) is 28.0 Å². The molecule has 0 bridgehead atoms. The highest BCUT2D eigenvalue weighted by Gasteiger charge is 2.25. The van der Waals surface area contributed by atoms with E-state index in [-0.39, 0.29) is 5.91 Å². The van der Waals surface area contributed by atoms with Crippen molar-refractivity contribution >= 4 is 39.3 Å². The Hall–Kier alpha value is -1.66. The summed E-state index contributed by atoms with van der Waals surface area (Å²) in [5.74, 6) is 0.902. The summed E-state index contributed by atoms with van der Waals surface area (Å²) in [5, 5.41) is 9.22. The molecule has 0 saturated carbocycles. The van der Waals surface area contributed by atoms with Crippen LogP contribution < -0.4 is 4.90 Å². The molecule has 2 aromatic rings. The average Bonchev–Trinajstić information content (AvgIpc) is 3.11. The normalized spacial score (nSPS) is 16.9. The summed E-state index contributed by atoms with van der Waals surface area (Å²) in [6.45, 7) is 2.82. The number of anilines is 1. The highest BCUT2D eigenvalue weighted by Crippen LogP contribution is 2.25. The number of halogens is 2. The Labute approximate surface area is 160 Å². The number of hydrogen-bond acceptors (Lipinski definition) is 4. The van der Waals surface area contributed by atoms with Crippen LogP contribution in [0, 0.1) is 0 Å². The monoisotopic (exact) mass is 420 g/mol. The van der Waals surface area contributed by atoms with E-state index in [4.69, 9.17) is 11.6 Å². The fourth-order valence-corrected chi connectivity index (χ4v) is 4.00. The summed E-state index contributed by atoms with van der Waals surface area (Å²) < 4.78 is 0.854. The molecule has 4 rings (SSSR count). The highest BCUT2D eigenvalue weighted by atomic mass is 79.9. The molecule has 1 aromatic carbocycles. The predicted molar refractivity (Wildman–Crippen MR) is 101 cm³/mol. The van der Waals surface area contributed by atoms with Gasteiger partial charge in [-0.3, -0.25) is 4.79 Å². The minimum atomic E-state index is -0.0222. The van der Waals surface area contributed by atoms with Gasteiger partial charge in [-0.2, -0.15) is 5.10 Å². The van der Waals surface area contributed by atoms with Crippen LogP contribution in [0.2, 0.25) is 5.02 Å². The Morgan fingerprint density at radius 1 is 1.08 bits per heavy atom. The number of hydrogen-bond donors (Lipinski definition) is 0. The Bertz CT molecular complexity index is 821. The van der Waals surface area contributed by atoms with E-state index in [1.54, 1.807) is 12.1 Å². The standard InChI is InChI=1S/C18H18BrClN4O/c19-13-4-5-15(20)14(11-13)18(25)24-8-6-23(7-9-24)17-10-12-2-1-3-16(12)21-22-17/h4-5,10-11H,1-3,6-9H2. The summed E-state index contributed by atoms with van der Waals surface area (Å²) in [6, 6.07) is 7.53. The van der Waals surface area contributed by atoms with Gasteiger partial charge < -0.3 is 9.80 Å². The van der Waals surface area contributed by atoms with Gasteiger partial charge in [0.25, 0.3) is 5.91 Å². The molecule has 7 heteroatoms. The minimum Gasteiger partial charge on any atom is -0.352 e. The first-order chi connectivity index (χ1) is 12.1. The second-order valence-electron chi connectivity index (χ2n) is 6.43. The van der Waals surface area contributed by atoms with Gasteiger partial charge in [-0.05, 0) is 49.1 Å². The largest absolute Gasteiger partial charge is 0.352 e. The average molecular weight is 422 g/mol. The topological polar surface area (TPSA) is 49.3 Å². The highest BCUT2D eigenvalue weighted by molar-refractivity contribution is 9.10. The summed E-state index contributed by atoms with van der Waals surface area (Å²) >= 11 is 9.59. The lowest BCUT2D eigenvalue weighted by Gasteiger charge is -2.35. The van der Waals surface area contributed by atoms with Crippen LogP contribution in [0.4, 0.5) is 5.82 Å². The van der Waals surface area contributed by atoms with Gasteiger partial charge in [-0.1, -0.05) is 27.5 Å². The number of benzene rings is 1. The maximum atomic E-state index is 12.7. The van der Waals surface area contributed by atoms with Crippen molar-refractivity contribution in [2.24, 2.45) is 0 Å². The zero-order valence-corrected chi connectivity index (χ0v) is 16.1. The summed E-state index contributed by atoms with van der Waals surface area (Å²) in [6.07, 6.45) is 3.30. The second kappa shape index (κ2) is 6.92. The molecule has 1 aliphatic heterocycles. The summed E-state index contributed by atoms with van der Waals surface area (Å²) in [5.41, 5.74) is 3.01. The van der Waals surface area contributed by atoms with Crippen LogP contribution >= 0.6 is 27.5 Å². The molecule has 1 aliphatic carbocycles. The summed E-state index contributed by atoms with van der Waals surface area (Å²) in [7, 11) is 0. The fraction of sp³-hybridized carbons (Fsp3) is 0.389. The van der Waals surface area contributed by atoms with Crippen molar-refractivity contribution in [1.29, 1.82) is 0 Å². The quantitative estimate of drug-likeness (QED) is 0.746. The van der Waals surface area contributed by atoms with Crippen LogP contribution in [-0.4, -0.2) is 47.2 Å². The van der Waals surface area contributed by atoms with Gasteiger partial charge in [0.15, 0.2) is 5.82 Å². The van der Waals surface area contributed by atoms with E-state index in [1.165, 1.54) is 12.0 Å². The maximum Gasteiger partial charge on any atom is 0.255 e. The molecule has 1 amide bonds. The Morgan fingerprint density at radius 3 is 2.68 bits per heavy atom. The van der Waals surface area contributed by atoms with Crippen LogP contribution in [0.5, 0.6) is 0 Å². The molecule has 0 unspecified atom stereocenters. The number of carbonyl (C=O) groups excluding carboxylic acids is 1. The number of aryl methyl sites for hydroxylation is 2. The lowest BCUT2D eigenvalue weighted by Crippen LogP contribution is -2.49. The molecule has 5 nitrogen and oxygen atoms in total. The van der Waals surface area contributed by atoms with Crippen molar-refractivity contribution in [2.75, 3.05) is 31.1 Å². The van der Waals surface area contributed by atoms with Gasteiger partial charge >= 0.3 is 0 Å². The van der Waals surface area contributed by atoms with Gasteiger partial charge in [0.2, 0.25) is 0 Å². The fourth-order valence-electron chi connectivity index (χ4n) is 3.44. The zero-order chi connectivity index (χ0) is 17.4. The molecule has 1 aromatic heterocycles. The molecule has 0 radical (unpaired) electrons. The van der Waals surface area contributed by atoms with E-state index in [0.717, 1.165) is 41.9 Å². The van der Waals surface area contributed by atoms with E-state index in [1.807, 2.05) is 11.0 Å². The Kier molecular flexibility index (Phi) is 4.65. The minimum absolute atomic E-state index is 0.0222. The van der Waals surface area contributed by atoms with Crippen molar-refractivity contribution in [2.45, 2.75) is 19.3 Å².